The Morgan fingerprint density at radius 3 is 2.69 bits per heavy atom. The average Bonchev–Trinajstić information content (AvgIpc) is 2.25. The van der Waals surface area contributed by atoms with Crippen molar-refractivity contribution >= 4 is 5.69 Å². The van der Waals surface area contributed by atoms with Gasteiger partial charge in [-0.1, -0.05) is 6.08 Å². The van der Waals surface area contributed by atoms with Crippen molar-refractivity contribution in [3.8, 4) is 5.75 Å². The first kappa shape index (κ1) is 11.8. The molecule has 16 heavy (non-hydrogen) atoms. The summed E-state index contributed by atoms with van der Waals surface area (Å²) >= 11 is 0. The third-order valence-electron chi connectivity index (χ3n) is 2.11. The Hall–Kier alpha value is -2.30. The van der Waals surface area contributed by atoms with Crippen LogP contribution in [0.2, 0.25) is 0 Å². The van der Waals surface area contributed by atoms with E-state index in [2.05, 4.69) is 6.58 Å². The highest BCUT2D eigenvalue weighted by Gasteiger charge is 2.18. The number of phenols is 1. The molecule has 0 aliphatic carbocycles. The number of nitro benzene ring substituents is 1. The van der Waals surface area contributed by atoms with E-state index in [4.69, 9.17) is 5.11 Å². The number of rotatable bonds is 4. The van der Waals surface area contributed by atoms with Crippen molar-refractivity contribution in [2.75, 3.05) is 0 Å². The van der Waals surface area contributed by atoms with E-state index >= 15 is 0 Å². The monoisotopic (exact) mass is 221 g/mol. The minimum absolute atomic E-state index is 0.0706. The standard InChI is InChI=1S/C11H11NO4/c1-2-8(5-6-13)10-7-9(14)3-4-11(10)12(15)16/h2-8,13-14H,1H2/b6-5+. The van der Waals surface area contributed by atoms with Crippen LogP contribution in [0, 0.1) is 10.1 Å². The highest BCUT2D eigenvalue weighted by molar-refractivity contribution is 5.49. The van der Waals surface area contributed by atoms with Gasteiger partial charge in [-0.25, -0.2) is 0 Å². The molecule has 0 aliphatic heterocycles. The fourth-order valence-corrected chi connectivity index (χ4v) is 1.38. The Morgan fingerprint density at radius 2 is 2.19 bits per heavy atom. The van der Waals surface area contributed by atoms with Crippen LogP contribution in [0.25, 0.3) is 0 Å². The molecule has 1 aromatic carbocycles. The molecule has 1 atom stereocenters. The molecule has 5 heteroatoms. The molecular formula is C11H11NO4. The SMILES string of the molecule is C=CC(/C=C/O)c1cc(O)ccc1[N+](=O)[O-]. The van der Waals surface area contributed by atoms with Crippen molar-refractivity contribution in [2.24, 2.45) is 0 Å². The molecule has 0 spiro atoms. The lowest BCUT2D eigenvalue weighted by molar-refractivity contribution is -0.385. The summed E-state index contributed by atoms with van der Waals surface area (Å²) in [5, 5.41) is 28.7. The number of nitrogens with zero attached hydrogens (tertiary/aromatic N) is 1. The fraction of sp³-hybridized carbons (Fsp3) is 0.0909. The number of allylic oxidation sites excluding steroid dienone is 2. The van der Waals surface area contributed by atoms with Gasteiger partial charge in [0.2, 0.25) is 0 Å². The number of benzene rings is 1. The first-order valence-corrected chi connectivity index (χ1v) is 4.51. The topological polar surface area (TPSA) is 83.6 Å². The third kappa shape index (κ3) is 2.38. The van der Waals surface area contributed by atoms with Crippen molar-refractivity contribution in [1.82, 2.24) is 0 Å². The van der Waals surface area contributed by atoms with Crippen LogP contribution < -0.4 is 0 Å². The number of nitro groups is 1. The minimum Gasteiger partial charge on any atom is -0.516 e. The Kier molecular flexibility index (Phi) is 3.66. The quantitative estimate of drug-likeness (QED) is 0.354. The second-order valence-electron chi connectivity index (χ2n) is 3.10. The van der Waals surface area contributed by atoms with Crippen molar-refractivity contribution < 1.29 is 15.1 Å². The van der Waals surface area contributed by atoms with Crippen LogP contribution in [0.15, 0.2) is 43.2 Å². The summed E-state index contributed by atoms with van der Waals surface area (Å²) in [6.07, 6.45) is 3.57. The lowest BCUT2D eigenvalue weighted by atomic mass is 9.97. The highest BCUT2D eigenvalue weighted by atomic mass is 16.6. The highest BCUT2D eigenvalue weighted by Crippen LogP contribution is 2.31. The molecule has 0 saturated heterocycles. The maximum Gasteiger partial charge on any atom is 0.273 e. The zero-order chi connectivity index (χ0) is 12.1. The van der Waals surface area contributed by atoms with Gasteiger partial charge in [-0.15, -0.1) is 6.58 Å². The van der Waals surface area contributed by atoms with Crippen LogP contribution in [-0.2, 0) is 0 Å². The minimum atomic E-state index is -0.545. The summed E-state index contributed by atoms with van der Waals surface area (Å²) in [4.78, 5) is 10.2. The predicted molar refractivity (Wildman–Crippen MR) is 59.5 cm³/mol. The second kappa shape index (κ2) is 4.97. The average molecular weight is 221 g/mol. The molecule has 0 amide bonds. The van der Waals surface area contributed by atoms with Gasteiger partial charge in [-0.3, -0.25) is 10.1 Å². The Balaban J connectivity index is 3.32. The van der Waals surface area contributed by atoms with Crippen LogP contribution in [0.1, 0.15) is 11.5 Å². The number of aliphatic hydroxyl groups is 1. The summed E-state index contributed by atoms with van der Waals surface area (Å²) in [7, 11) is 0. The smallest absolute Gasteiger partial charge is 0.273 e. The number of hydrogen-bond donors (Lipinski definition) is 2. The molecule has 1 unspecified atom stereocenters. The predicted octanol–water partition coefficient (Wildman–Crippen LogP) is 2.64. The lowest BCUT2D eigenvalue weighted by Crippen LogP contribution is -1.98. The molecule has 0 fully saturated rings. The van der Waals surface area contributed by atoms with E-state index in [9.17, 15) is 15.2 Å². The first-order valence-electron chi connectivity index (χ1n) is 4.51. The van der Waals surface area contributed by atoms with Gasteiger partial charge in [0.05, 0.1) is 11.2 Å². The summed E-state index contributed by atoms with van der Waals surface area (Å²) in [6, 6.07) is 3.74. The van der Waals surface area contributed by atoms with Gasteiger partial charge in [-0.05, 0) is 18.2 Å². The molecule has 2 N–H and O–H groups in total. The van der Waals surface area contributed by atoms with E-state index in [0.717, 1.165) is 6.26 Å². The van der Waals surface area contributed by atoms with E-state index < -0.39 is 10.8 Å². The first-order chi connectivity index (χ1) is 7.60. The molecule has 0 aliphatic rings. The summed E-state index contributed by atoms with van der Waals surface area (Å²) in [5.74, 6) is -0.587. The van der Waals surface area contributed by atoms with E-state index in [1.54, 1.807) is 0 Å². The number of hydrogen-bond acceptors (Lipinski definition) is 4. The van der Waals surface area contributed by atoms with Crippen molar-refractivity contribution in [2.45, 2.75) is 5.92 Å². The molecule has 1 rings (SSSR count). The lowest BCUT2D eigenvalue weighted by Gasteiger charge is -2.08. The van der Waals surface area contributed by atoms with E-state index in [0.29, 0.717) is 0 Å². The molecule has 0 aromatic heterocycles. The van der Waals surface area contributed by atoms with Crippen LogP contribution in [0.5, 0.6) is 5.75 Å². The summed E-state index contributed by atoms with van der Waals surface area (Å²) in [5.41, 5.74) is 0.158. The van der Waals surface area contributed by atoms with Crippen LogP contribution in [-0.4, -0.2) is 15.1 Å². The van der Waals surface area contributed by atoms with Crippen LogP contribution in [0.4, 0.5) is 5.69 Å². The van der Waals surface area contributed by atoms with E-state index in [1.165, 1.54) is 30.4 Å². The number of aliphatic hydroxyl groups excluding tert-OH is 1. The van der Waals surface area contributed by atoms with Gasteiger partial charge < -0.3 is 10.2 Å². The largest absolute Gasteiger partial charge is 0.516 e. The van der Waals surface area contributed by atoms with Crippen LogP contribution >= 0.6 is 0 Å². The summed E-state index contributed by atoms with van der Waals surface area (Å²) < 4.78 is 0. The normalized spacial score (nSPS) is 12.5. The van der Waals surface area contributed by atoms with Crippen molar-refractivity contribution in [3.05, 3.63) is 58.9 Å². The summed E-state index contributed by atoms with van der Waals surface area (Å²) in [6.45, 7) is 3.52. The molecular weight excluding hydrogens is 210 g/mol. The zero-order valence-electron chi connectivity index (χ0n) is 8.41. The Bertz CT molecular complexity index is 440. The maximum absolute atomic E-state index is 10.8. The molecule has 0 heterocycles. The third-order valence-corrected chi connectivity index (χ3v) is 2.11. The van der Waals surface area contributed by atoms with Gasteiger partial charge in [0.15, 0.2) is 0 Å². The zero-order valence-corrected chi connectivity index (χ0v) is 8.41. The number of phenolic OH excluding ortho intramolecular Hbond substituents is 1. The van der Waals surface area contributed by atoms with E-state index in [1.807, 2.05) is 0 Å². The maximum atomic E-state index is 10.8. The molecule has 84 valence electrons. The molecule has 0 bridgehead atoms. The van der Waals surface area contributed by atoms with Gasteiger partial charge in [0.1, 0.15) is 5.75 Å². The van der Waals surface area contributed by atoms with Gasteiger partial charge >= 0.3 is 0 Å². The molecule has 0 saturated carbocycles. The van der Waals surface area contributed by atoms with Gasteiger partial charge in [0, 0.05) is 17.5 Å². The second-order valence-corrected chi connectivity index (χ2v) is 3.10. The van der Waals surface area contributed by atoms with Gasteiger partial charge in [-0.2, -0.15) is 0 Å². The Morgan fingerprint density at radius 1 is 1.50 bits per heavy atom. The molecule has 0 radical (unpaired) electrons. The molecule has 1 aromatic rings. The fourth-order valence-electron chi connectivity index (χ4n) is 1.38. The van der Waals surface area contributed by atoms with Crippen LogP contribution in [0.3, 0.4) is 0 Å². The van der Waals surface area contributed by atoms with E-state index in [-0.39, 0.29) is 17.0 Å². The van der Waals surface area contributed by atoms with Gasteiger partial charge in [0.25, 0.3) is 5.69 Å². The molecule has 5 nitrogen and oxygen atoms in total. The van der Waals surface area contributed by atoms with Crippen molar-refractivity contribution in [3.63, 3.8) is 0 Å². The Labute approximate surface area is 92.1 Å². The van der Waals surface area contributed by atoms with Crippen molar-refractivity contribution in [1.29, 1.82) is 0 Å². The number of aromatic hydroxyl groups is 1.